The molecule has 16 nitrogen and oxygen atoms in total. The lowest BCUT2D eigenvalue weighted by molar-refractivity contribution is -0.161. The highest BCUT2D eigenvalue weighted by molar-refractivity contribution is 7.47. The van der Waals surface area contributed by atoms with Gasteiger partial charge in [0.1, 0.15) is 25.4 Å². The minimum absolute atomic E-state index is 0.0210. The first-order valence-electron chi connectivity index (χ1n) is 43.1. The molecule has 0 aliphatic rings. The molecule has 0 aliphatic carbocycles. The van der Waals surface area contributed by atoms with Gasteiger partial charge in [0.25, 0.3) is 0 Å². The first kappa shape index (κ1) is 106. The molecule has 0 aromatic heterocycles. The fourth-order valence-electron chi connectivity index (χ4n) is 11.1. The smallest absolute Gasteiger partial charge is 0.463 e. The number of esters is 3. The van der Waals surface area contributed by atoms with Gasteiger partial charge >= 0.3 is 33.6 Å². The Morgan fingerprint density at radius 2 is 0.486 bits per heavy atom. The fourth-order valence-corrected chi connectivity index (χ4v) is 12.7. The molecule has 0 aromatic rings. The fraction of sp³-hybridized carbons (Fsp3) is 0.645. The molecule has 0 amide bonds. The van der Waals surface area contributed by atoms with E-state index < -0.39 is 91.5 Å². The largest absolute Gasteiger partial charge is 0.472 e. The Kier molecular flexibility index (Phi) is 80.0. The van der Waals surface area contributed by atoms with Gasteiger partial charge in [-0.05, 0) is 154 Å². The summed E-state index contributed by atoms with van der Waals surface area (Å²) in [5, 5.41) is 20.7. The second-order valence-electron chi connectivity index (χ2n) is 28.2. The predicted octanol–water partition coefficient (Wildman–Crippen LogP) is 26.1. The van der Waals surface area contributed by atoms with Crippen molar-refractivity contribution in [2.45, 2.75) is 347 Å². The van der Waals surface area contributed by atoms with Gasteiger partial charge in [0.2, 0.25) is 0 Å². The van der Waals surface area contributed by atoms with Crippen LogP contribution in [0.5, 0.6) is 0 Å². The topological polar surface area (TPSA) is 231 Å². The summed E-state index contributed by atoms with van der Waals surface area (Å²) in [4.78, 5) is 58.8. The SMILES string of the molecule is CC/C=C\C/C=C\C/C=C\C/C=C\C/C=C\C/C=C\CCCCCCCCCCCCC(=O)OCC(O)COP(=O)(O)OCC(O)COP(=O)(O)OCC(COC(=O)CCCCCCCCCCCCCCC/C=C\C/C=C\C/C=C\C/C=C\CCCCC)OC(=O)CCC/C=C\C/C=C\C/C=C\C/C=C\C/C=C\CC. The number of rotatable bonds is 80. The summed E-state index contributed by atoms with van der Waals surface area (Å²) in [5.41, 5.74) is 0. The Morgan fingerprint density at radius 1 is 0.261 bits per heavy atom. The van der Waals surface area contributed by atoms with Crippen LogP contribution in [0.25, 0.3) is 0 Å². The Bertz CT molecular complexity index is 2750. The van der Waals surface area contributed by atoms with Gasteiger partial charge in [0.05, 0.1) is 26.4 Å². The number of carbonyl (C=O) groups excluding carboxylic acids is 3. The number of carbonyl (C=O) groups is 3. The van der Waals surface area contributed by atoms with Crippen molar-refractivity contribution < 1.29 is 75.8 Å². The van der Waals surface area contributed by atoms with Crippen molar-refractivity contribution in [2.75, 3.05) is 39.6 Å². The highest BCUT2D eigenvalue weighted by Gasteiger charge is 2.29. The van der Waals surface area contributed by atoms with E-state index in [2.05, 4.69) is 191 Å². The summed E-state index contributed by atoms with van der Waals surface area (Å²) in [6, 6.07) is 0. The van der Waals surface area contributed by atoms with Gasteiger partial charge in [0.15, 0.2) is 6.10 Å². The molecule has 0 fully saturated rings. The molecular formula is C93H154O16P2. The van der Waals surface area contributed by atoms with Gasteiger partial charge in [0, 0.05) is 19.3 Å². The van der Waals surface area contributed by atoms with Crippen molar-refractivity contribution in [3.8, 4) is 0 Å². The maximum absolute atomic E-state index is 13.0. The van der Waals surface area contributed by atoms with E-state index in [0.29, 0.717) is 25.7 Å². The van der Waals surface area contributed by atoms with Gasteiger partial charge in [-0.15, -0.1) is 0 Å². The molecule has 18 heteroatoms. The number of hydrogen-bond donors (Lipinski definition) is 4. The van der Waals surface area contributed by atoms with E-state index in [4.69, 9.17) is 32.3 Å². The van der Waals surface area contributed by atoms with Crippen molar-refractivity contribution in [3.05, 3.63) is 182 Å². The quantitative estimate of drug-likeness (QED) is 0.0146. The van der Waals surface area contributed by atoms with E-state index >= 15 is 0 Å². The van der Waals surface area contributed by atoms with Gasteiger partial charge in [-0.1, -0.05) is 338 Å². The third kappa shape index (κ3) is 85.4. The zero-order chi connectivity index (χ0) is 80.8. The number of ether oxygens (including phenoxy) is 3. The van der Waals surface area contributed by atoms with Gasteiger partial charge in [-0.2, -0.15) is 0 Å². The molecule has 0 bridgehead atoms. The van der Waals surface area contributed by atoms with Gasteiger partial charge in [-0.25, -0.2) is 9.13 Å². The zero-order valence-corrected chi connectivity index (χ0v) is 71.1. The van der Waals surface area contributed by atoms with E-state index in [-0.39, 0.29) is 19.3 Å². The highest BCUT2D eigenvalue weighted by atomic mass is 31.2. The van der Waals surface area contributed by atoms with Crippen LogP contribution in [0.15, 0.2) is 182 Å². The molecule has 111 heavy (non-hydrogen) atoms. The summed E-state index contributed by atoms with van der Waals surface area (Å²) in [6.07, 6.45) is 109. The lowest BCUT2D eigenvalue weighted by atomic mass is 10.0. The van der Waals surface area contributed by atoms with E-state index in [1.54, 1.807) is 0 Å². The molecule has 0 aliphatic heterocycles. The van der Waals surface area contributed by atoms with Crippen LogP contribution in [0.3, 0.4) is 0 Å². The van der Waals surface area contributed by atoms with Crippen LogP contribution in [-0.2, 0) is 55.8 Å². The summed E-state index contributed by atoms with van der Waals surface area (Å²) >= 11 is 0. The molecule has 0 rings (SSSR count). The predicted molar refractivity (Wildman–Crippen MR) is 463 cm³/mol. The van der Waals surface area contributed by atoms with Crippen LogP contribution in [0.2, 0.25) is 0 Å². The minimum Gasteiger partial charge on any atom is -0.463 e. The normalized spacial score (nSPS) is 14.8. The Balaban J connectivity index is 4.61. The number of phosphoric acid groups is 2. The average Bonchev–Trinajstić information content (AvgIpc) is 0.901. The van der Waals surface area contributed by atoms with Crippen LogP contribution < -0.4 is 0 Å². The van der Waals surface area contributed by atoms with Crippen molar-refractivity contribution >= 4 is 33.6 Å². The molecule has 0 spiro atoms. The van der Waals surface area contributed by atoms with E-state index in [1.807, 2.05) is 12.2 Å². The summed E-state index contributed by atoms with van der Waals surface area (Å²) in [7, 11) is -9.83. The average molecular weight is 1590 g/mol. The molecule has 0 heterocycles. The second-order valence-corrected chi connectivity index (χ2v) is 31.1. The molecule has 5 atom stereocenters. The van der Waals surface area contributed by atoms with Gasteiger partial charge in [-0.3, -0.25) is 32.5 Å². The minimum atomic E-state index is -4.96. The lowest BCUT2D eigenvalue weighted by Gasteiger charge is -2.21. The number of unbranched alkanes of at least 4 members (excludes halogenated alkanes) is 27. The van der Waals surface area contributed by atoms with Crippen LogP contribution in [0.1, 0.15) is 329 Å². The standard InChI is InChI=1S/C93H154O16P2/c1-4-7-10-13-16-19-22-25-28-31-33-35-37-39-41-43-45-47-49-51-53-56-58-61-64-67-70-73-76-79-91(96)103-82-88(94)83-105-110(99,100)106-84-89(95)85-107-111(101,102)108-87-90(109-93(98)81-78-75-72-69-66-63-60-55-30-27-24-21-18-15-12-9-6-3)86-104-92(97)80-77-74-71-68-65-62-59-57-54-52-50-48-46-44-42-40-38-36-34-32-29-26-23-20-17-14-11-8-5-2/h7,9-10,12,16-21,25-30,33-36,39-42,45,47,60,63,69,72,88-90,94-95H,4-6,8,11,13-15,22-24,31-32,37-38,43-44,46,48-59,61-62,64-68,70-71,73-87H2,1-3H3,(H,99,100)(H,101,102)/b10-7-,12-9-,19-16-,20-17-,21-18-,28-25-,29-26-,30-27-,35-33-,36-34-,41-39-,42-40-,47-45-,63-60-,72-69-. The van der Waals surface area contributed by atoms with Crippen molar-refractivity contribution in [1.29, 1.82) is 0 Å². The van der Waals surface area contributed by atoms with E-state index in [9.17, 15) is 43.5 Å². The first-order chi connectivity index (χ1) is 54.2. The monoisotopic (exact) mass is 1590 g/mol. The number of hydrogen-bond acceptors (Lipinski definition) is 14. The summed E-state index contributed by atoms with van der Waals surface area (Å²) in [6.45, 7) is 2.36. The van der Waals surface area contributed by atoms with Crippen LogP contribution in [0, 0.1) is 0 Å². The summed E-state index contributed by atoms with van der Waals surface area (Å²) < 4.78 is 61.2. The summed E-state index contributed by atoms with van der Waals surface area (Å²) in [5.74, 6) is -1.65. The molecule has 0 aromatic carbocycles. The molecular weight excluding hydrogens is 1430 g/mol. The second kappa shape index (κ2) is 84.1. The number of allylic oxidation sites excluding steroid dienone is 30. The Labute approximate surface area is 675 Å². The van der Waals surface area contributed by atoms with Crippen molar-refractivity contribution in [1.82, 2.24) is 0 Å². The number of phosphoric ester groups is 2. The molecule has 632 valence electrons. The first-order valence-corrected chi connectivity index (χ1v) is 46.1. The van der Waals surface area contributed by atoms with E-state index in [0.717, 1.165) is 154 Å². The number of aliphatic hydroxyl groups is 2. The third-order valence-corrected chi connectivity index (χ3v) is 19.5. The van der Waals surface area contributed by atoms with Crippen LogP contribution >= 0.6 is 15.6 Å². The maximum atomic E-state index is 13.0. The Morgan fingerprint density at radius 3 is 0.784 bits per heavy atom. The molecule has 0 saturated carbocycles. The third-order valence-electron chi connectivity index (χ3n) is 17.6. The molecule has 0 radical (unpaired) electrons. The maximum Gasteiger partial charge on any atom is 0.472 e. The highest BCUT2D eigenvalue weighted by Crippen LogP contribution is 2.45. The molecule has 4 N–H and O–H groups in total. The van der Waals surface area contributed by atoms with Gasteiger partial charge < -0.3 is 34.2 Å². The lowest BCUT2D eigenvalue weighted by Crippen LogP contribution is -2.30. The number of aliphatic hydroxyl groups excluding tert-OH is 2. The van der Waals surface area contributed by atoms with Crippen LogP contribution in [-0.4, -0.2) is 95.9 Å². The van der Waals surface area contributed by atoms with Crippen molar-refractivity contribution in [2.24, 2.45) is 0 Å². The zero-order valence-electron chi connectivity index (χ0n) is 69.3. The molecule has 5 unspecified atom stereocenters. The molecule has 0 saturated heterocycles. The van der Waals surface area contributed by atoms with Crippen molar-refractivity contribution in [3.63, 3.8) is 0 Å². The van der Waals surface area contributed by atoms with Crippen LogP contribution in [0.4, 0.5) is 0 Å². The Hall–Kier alpha value is -5.35. The van der Waals surface area contributed by atoms with E-state index in [1.165, 1.54) is 109 Å².